The first-order valence-corrected chi connectivity index (χ1v) is 15.2. The summed E-state index contributed by atoms with van der Waals surface area (Å²) in [4.78, 5) is 5.13. The van der Waals surface area contributed by atoms with Crippen LogP contribution in [0.4, 0.5) is 0 Å². The maximum atomic E-state index is 5.13. The van der Waals surface area contributed by atoms with Crippen molar-refractivity contribution in [3.8, 4) is 22.5 Å². The smallest absolute Gasteiger partial charge is 0.145 e. The zero-order valence-corrected chi connectivity index (χ0v) is 24.6. The quantitative estimate of drug-likeness (QED) is 0.145. The minimum Gasteiger partial charge on any atom is -0.293 e. The van der Waals surface area contributed by atoms with Gasteiger partial charge in [-0.3, -0.25) is 4.57 Å². The maximum Gasteiger partial charge on any atom is 0.145 e. The van der Waals surface area contributed by atoms with Gasteiger partial charge in [0.2, 0.25) is 0 Å². The standard InChI is InChI=1S/C39H27BrN2/c40-38-33-16-8-6-14-31(33)37(32-15-7-9-17-34(32)38)28-22-20-27-25-29(23-21-26(27)24-28)39-41-35-18-10-11-19-36(35)42(39)30-12-4-2-1-3-5-13-30/h1-2,5-25H,3-4H2/b2-1-,13-5-,30-12+. The van der Waals surface area contributed by atoms with E-state index in [0.717, 1.165) is 45.4 Å². The SMILES string of the molecule is Brc1c2ccccc2c(-c2ccc3cc(-c4nc5ccccc5n4C4=C/C/C=C\C/C=C\4)ccc3c2)c2ccccc12. The molecule has 0 radical (unpaired) electrons. The number of aromatic nitrogens is 2. The van der Waals surface area contributed by atoms with Crippen LogP contribution in [0.3, 0.4) is 0 Å². The number of para-hydroxylation sites is 2. The van der Waals surface area contributed by atoms with Gasteiger partial charge in [0.05, 0.1) is 11.0 Å². The minimum absolute atomic E-state index is 0.908. The molecule has 0 unspecified atom stereocenters. The van der Waals surface area contributed by atoms with E-state index in [0.29, 0.717) is 0 Å². The van der Waals surface area contributed by atoms with E-state index < -0.39 is 0 Å². The lowest BCUT2D eigenvalue weighted by Crippen LogP contribution is -1.99. The van der Waals surface area contributed by atoms with E-state index in [1.54, 1.807) is 0 Å². The Balaban J connectivity index is 1.30. The van der Waals surface area contributed by atoms with Crippen molar-refractivity contribution in [1.82, 2.24) is 9.55 Å². The molecule has 0 fully saturated rings. The van der Waals surface area contributed by atoms with E-state index in [2.05, 4.69) is 160 Å². The third-order valence-corrected chi connectivity index (χ3v) is 9.12. The van der Waals surface area contributed by atoms with Crippen LogP contribution in [0.1, 0.15) is 12.8 Å². The molecular weight excluding hydrogens is 576 g/mol. The number of nitrogens with zero attached hydrogens (tertiary/aromatic N) is 2. The predicted octanol–water partition coefficient (Wildman–Crippen LogP) is 11.3. The molecule has 2 nitrogen and oxygen atoms in total. The predicted molar refractivity (Wildman–Crippen MR) is 183 cm³/mol. The van der Waals surface area contributed by atoms with Crippen molar-refractivity contribution in [3.05, 3.63) is 144 Å². The van der Waals surface area contributed by atoms with Crippen molar-refractivity contribution in [2.24, 2.45) is 0 Å². The first-order valence-electron chi connectivity index (χ1n) is 14.4. The van der Waals surface area contributed by atoms with E-state index in [9.17, 15) is 0 Å². The summed E-state index contributed by atoms with van der Waals surface area (Å²) in [5.41, 5.74) is 6.89. The van der Waals surface area contributed by atoms with Crippen LogP contribution in [-0.2, 0) is 0 Å². The van der Waals surface area contributed by atoms with Crippen molar-refractivity contribution in [1.29, 1.82) is 0 Å². The molecule has 1 aliphatic rings. The molecule has 0 atom stereocenters. The van der Waals surface area contributed by atoms with Gasteiger partial charge in [-0.25, -0.2) is 4.98 Å². The number of fused-ring (bicyclic) bond motifs is 4. The molecule has 42 heavy (non-hydrogen) atoms. The summed E-state index contributed by atoms with van der Waals surface area (Å²) in [5.74, 6) is 0.965. The fourth-order valence-corrected chi connectivity index (χ4v) is 6.98. The van der Waals surface area contributed by atoms with Gasteiger partial charge in [0, 0.05) is 15.7 Å². The summed E-state index contributed by atoms with van der Waals surface area (Å²) in [7, 11) is 0. The lowest BCUT2D eigenvalue weighted by atomic mass is 9.91. The number of halogens is 1. The average molecular weight is 604 g/mol. The molecule has 0 saturated heterocycles. The van der Waals surface area contributed by atoms with Gasteiger partial charge in [-0.2, -0.15) is 0 Å². The number of benzene rings is 6. The number of rotatable bonds is 3. The zero-order valence-electron chi connectivity index (χ0n) is 23.0. The van der Waals surface area contributed by atoms with Crippen LogP contribution in [0.15, 0.2) is 144 Å². The van der Waals surface area contributed by atoms with Crippen LogP contribution in [0.5, 0.6) is 0 Å². The zero-order chi connectivity index (χ0) is 28.0. The minimum atomic E-state index is 0.908. The molecule has 0 bridgehead atoms. The van der Waals surface area contributed by atoms with Crippen LogP contribution < -0.4 is 0 Å². The molecule has 1 heterocycles. The highest BCUT2D eigenvalue weighted by Crippen LogP contribution is 2.42. The Morgan fingerprint density at radius 2 is 1.21 bits per heavy atom. The fraction of sp³-hybridized carbons (Fsp3) is 0.0513. The van der Waals surface area contributed by atoms with Gasteiger partial charge in [-0.15, -0.1) is 0 Å². The Bertz CT molecular complexity index is 2210. The van der Waals surface area contributed by atoms with Crippen LogP contribution in [0.25, 0.3) is 71.6 Å². The fourth-order valence-electron chi connectivity index (χ4n) is 6.29. The van der Waals surface area contributed by atoms with E-state index in [1.165, 1.54) is 43.4 Å². The van der Waals surface area contributed by atoms with Crippen molar-refractivity contribution in [2.75, 3.05) is 0 Å². The maximum absolute atomic E-state index is 5.13. The first kappa shape index (κ1) is 25.0. The van der Waals surface area contributed by atoms with Gasteiger partial charge in [-0.1, -0.05) is 109 Å². The van der Waals surface area contributed by atoms with Crippen LogP contribution in [0, 0.1) is 0 Å². The number of hydrogen-bond donors (Lipinski definition) is 0. The van der Waals surface area contributed by atoms with Gasteiger partial charge in [-0.05, 0) is 103 Å². The second-order valence-corrected chi connectivity index (χ2v) is 11.6. The summed E-state index contributed by atoms with van der Waals surface area (Å²) >= 11 is 3.89. The molecule has 0 N–H and O–H groups in total. The largest absolute Gasteiger partial charge is 0.293 e. The lowest BCUT2D eigenvalue weighted by Gasteiger charge is -2.15. The summed E-state index contributed by atoms with van der Waals surface area (Å²) in [5, 5.41) is 7.38. The van der Waals surface area contributed by atoms with Crippen molar-refractivity contribution < 1.29 is 0 Å². The highest BCUT2D eigenvalue weighted by molar-refractivity contribution is 9.10. The van der Waals surface area contributed by atoms with Crippen molar-refractivity contribution >= 4 is 65.0 Å². The van der Waals surface area contributed by atoms with E-state index in [-0.39, 0.29) is 0 Å². The van der Waals surface area contributed by atoms with E-state index in [4.69, 9.17) is 4.98 Å². The Labute approximate surface area is 253 Å². The summed E-state index contributed by atoms with van der Waals surface area (Å²) < 4.78 is 3.46. The Morgan fingerprint density at radius 1 is 0.595 bits per heavy atom. The molecule has 3 heteroatoms. The molecule has 7 aromatic rings. The van der Waals surface area contributed by atoms with E-state index >= 15 is 0 Å². The lowest BCUT2D eigenvalue weighted by molar-refractivity contribution is 1.12. The van der Waals surface area contributed by atoms with E-state index in [1.807, 2.05) is 0 Å². The summed E-state index contributed by atoms with van der Waals surface area (Å²) in [6.45, 7) is 0. The summed E-state index contributed by atoms with van der Waals surface area (Å²) in [6, 6.07) is 39.3. The molecule has 6 aromatic carbocycles. The van der Waals surface area contributed by atoms with Gasteiger partial charge >= 0.3 is 0 Å². The first-order chi connectivity index (χ1) is 20.8. The van der Waals surface area contributed by atoms with Gasteiger partial charge in [0.1, 0.15) is 5.82 Å². The second kappa shape index (κ2) is 10.3. The molecule has 1 aromatic heterocycles. The van der Waals surface area contributed by atoms with Crippen LogP contribution >= 0.6 is 15.9 Å². The molecule has 1 aliphatic carbocycles. The van der Waals surface area contributed by atoms with Crippen molar-refractivity contribution in [2.45, 2.75) is 12.8 Å². The monoisotopic (exact) mass is 602 g/mol. The highest BCUT2D eigenvalue weighted by atomic mass is 79.9. The molecule has 0 amide bonds. The third-order valence-electron chi connectivity index (χ3n) is 8.26. The van der Waals surface area contributed by atoms with Crippen LogP contribution in [-0.4, -0.2) is 9.55 Å². The normalized spacial score (nSPS) is 16.4. The highest BCUT2D eigenvalue weighted by Gasteiger charge is 2.17. The van der Waals surface area contributed by atoms with Gasteiger partial charge in [0.15, 0.2) is 0 Å². The van der Waals surface area contributed by atoms with Gasteiger partial charge in [0.25, 0.3) is 0 Å². The third kappa shape index (κ3) is 4.12. The Morgan fingerprint density at radius 3 is 1.98 bits per heavy atom. The number of hydrogen-bond acceptors (Lipinski definition) is 1. The molecule has 8 rings (SSSR count). The molecule has 0 saturated carbocycles. The number of allylic oxidation sites excluding steroid dienone is 6. The molecule has 0 aliphatic heterocycles. The average Bonchev–Trinajstić information content (AvgIpc) is 3.40. The molecule has 200 valence electrons. The second-order valence-electron chi connectivity index (χ2n) is 10.8. The van der Waals surface area contributed by atoms with Crippen LogP contribution in [0.2, 0.25) is 0 Å². The molecular formula is C39H27BrN2. The van der Waals surface area contributed by atoms with Crippen molar-refractivity contribution in [3.63, 3.8) is 0 Å². The summed E-state index contributed by atoms with van der Waals surface area (Å²) in [6.07, 6.45) is 13.0. The Hall–Kier alpha value is -4.73. The van der Waals surface area contributed by atoms with Gasteiger partial charge < -0.3 is 0 Å². The molecule has 0 spiro atoms. The number of imidazole rings is 1. The topological polar surface area (TPSA) is 17.8 Å². The Kier molecular flexibility index (Phi) is 6.12.